The van der Waals surface area contributed by atoms with Crippen LogP contribution in [0.15, 0.2) is 133 Å². The van der Waals surface area contributed by atoms with Crippen molar-refractivity contribution in [3.8, 4) is 0 Å². The van der Waals surface area contributed by atoms with E-state index in [4.69, 9.17) is 9.47 Å². The van der Waals surface area contributed by atoms with Gasteiger partial charge in [0.1, 0.15) is 12.2 Å². The van der Waals surface area contributed by atoms with Crippen LogP contribution >= 0.6 is 0 Å². The molecule has 0 aromatic heterocycles. The van der Waals surface area contributed by atoms with Gasteiger partial charge in [0.2, 0.25) is 0 Å². The number of benzene rings is 5. The first-order valence-electron chi connectivity index (χ1n) is 14.5. The molecular weight excluding hydrogens is 538 g/mol. The SMILES string of the molecule is O=C(C(O)C(OCc1ccc2ccccc2c1)C(O)COCc1ccccc1)N(Cc1ccccc1)Cc1ccccc1. The number of fused-ring (bicyclic) bond motifs is 1. The minimum Gasteiger partial charge on any atom is -0.388 e. The van der Waals surface area contributed by atoms with Gasteiger partial charge < -0.3 is 24.6 Å². The van der Waals surface area contributed by atoms with E-state index in [2.05, 4.69) is 0 Å². The molecule has 0 aliphatic rings. The quantitative estimate of drug-likeness (QED) is 0.173. The van der Waals surface area contributed by atoms with Crippen molar-refractivity contribution < 1.29 is 24.5 Å². The first-order chi connectivity index (χ1) is 21.1. The normalized spacial score (nSPS) is 13.3. The molecule has 43 heavy (non-hydrogen) atoms. The molecule has 5 aromatic rings. The third kappa shape index (κ3) is 8.60. The summed E-state index contributed by atoms with van der Waals surface area (Å²) in [5.41, 5.74) is 3.68. The Morgan fingerprint density at radius 2 is 1.14 bits per heavy atom. The third-order valence-electron chi connectivity index (χ3n) is 7.34. The Balaban J connectivity index is 1.35. The van der Waals surface area contributed by atoms with Gasteiger partial charge in [-0.05, 0) is 39.1 Å². The molecular formula is C37H37NO5. The van der Waals surface area contributed by atoms with Gasteiger partial charge in [0.05, 0.1) is 19.8 Å². The van der Waals surface area contributed by atoms with Crippen LogP contribution in [-0.2, 0) is 40.6 Å². The summed E-state index contributed by atoms with van der Waals surface area (Å²) in [4.78, 5) is 15.5. The zero-order chi connectivity index (χ0) is 29.9. The summed E-state index contributed by atoms with van der Waals surface area (Å²) < 4.78 is 11.9. The van der Waals surface area contributed by atoms with E-state index in [9.17, 15) is 15.0 Å². The average Bonchev–Trinajstić information content (AvgIpc) is 3.05. The number of hydrogen-bond acceptors (Lipinski definition) is 5. The third-order valence-corrected chi connectivity index (χ3v) is 7.34. The maximum atomic E-state index is 13.9. The summed E-state index contributed by atoms with van der Waals surface area (Å²) in [6.07, 6.45) is -4.09. The summed E-state index contributed by atoms with van der Waals surface area (Å²) >= 11 is 0. The summed E-state index contributed by atoms with van der Waals surface area (Å²) in [6.45, 7) is 0.868. The zero-order valence-electron chi connectivity index (χ0n) is 24.0. The molecule has 5 aromatic carbocycles. The van der Waals surface area contributed by atoms with Crippen LogP contribution in [0, 0.1) is 0 Å². The molecule has 1 amide bonds. The van der Waals surface area contributed by atoms with Crippen molar-refractivity contribution in [1.29, 1.82) is 0 Å². The van der Waals surface area contributed by atoms with Gasteiger partial charge in [0.15, 0.2) is 6.10 Å². The van der Waals surface area contributed by atoms with Crippen LogP contribution in [0.2, 0.25) is 0 Å². The minimum atomic E-state index is -1.62. The maximum absolute atomic E-state index is 13.9. The average molecular weight is 576 g/mol. The molecule has 0 aliphatic carbocycles. The highest BCUT2D eigenvalue weighted by Crippen LogP contribution is 2.20. The van der Waals surface area contributed by atoms with Crippen LogP contribution in [-0.4, -0.2) is 45.9 Å². The monoisotopic (exact) mass is 575 g/mol. The minimum absolute atomic E-state index is 0.104. The fourth-order valence-electron chi connectivity index (χ4n) is 5.05. The molecule has 0 bridgehead atoms. The Bertz CT molecular complexity index is 1520. The lowest BCUT2D eigenvalue weighted by Crippen LogP contribution is -2.51. The molecule has 6 nitrogen and oxygen atoms in total. The van der Waals surface area contributed by atoms with E-state index in [1.165, 1.54) is 0 Å². The lowest BCUT2D eigenvalue weighted by molar-refractivity contribution is -0.164. The Hall–Kier alpha value is -4.33. The Morgan fingerprint density at radius 3 is 1.74 bits per heavy atom. The van der Waals surface area contributed by atoms with Gasteiger partial charge in [0, 0.05) is 13.1 Å². The van der Waals surface area contributed by atoms with Crippen molar-refractivity contribution in [3.05, 3.63) is 156 Å². The van der Waals surface area contributed by atoms with Gasteiger partial charge in [-0.15, -0.1) is 0 Å². The molecule has 0 aliphatic heterocycles. The summed E-state index contributed by atoms with van der Waals surface area (Å²) in [5.74, 6) is -0.529. The largest absolute Gasteiger partial charge is 0.388 e. The fraction of sp³-hybridized carbons (Fsp3) is 0.216. The smallest absolute Gasteiger partial charge is 0.254 e. The highest BCUT2D eigenvalue weighted by atomic mass is 16.5. The molecule has 0 saturated heterocycles. The maximum Gasteiger partial charge on any atom is 0.254 e. The molecule has 0 heterocycles. The van der Waals surface area contributed by atoms with Gasteiger partial charge in [0.25, 0.3) is 5.91 Å². The number of rotatable bonds is 14. The standard InChI is InChI=1S/C37H37NO5/c39-34(27-42-25-30-16-8-3-9-17-30)36(43-26-31-20-21-32-18-10-11-19-33(32)22-31)35(40)37(41)38(23-28-12-4-1-5-13-28)24-29-14-6-2-7-15-29/h1-22,34-36,39-40H,23-27H2. The number of amides is 1. The van der Waals surface area contributed by atoms with Crippen LogP contribution in [0.4, 0.5) is 0 Å². The van der Waals surface area contributed by atoms with Gasteiger partial charge in [-0.3, -0.25) is 4.79 Å². The molecule has 6 heteroatoms. The molecule has 2 N–H and O–H groups in total. The summed E-state index contributed by atoms with van der Waals surface area (Å²) in [7, 11) is 0. The first-order valence-corrected chi connectivity index (χ1v) is 14.5. The highest BCUT2D eigenvalue weighted by molar-refractivity contribution is 5.83. The molecule has 5 rings (SSSR count). The number of ether oxygens (including phenoxy) is 2. The highest BCUT2D eigenvalue weighted by Gasteiger charge is 2.36. The Morgan fingerprint density at radius 1 is 0.605 bits per heavy atom. The topological polar surface area (TPSA) is 79.2 Å². The van der Waals surface area contributed by atoms with Crippen molar-refractivity contribution in [1.82, 2.24) is 4.90 Å². The van der Waals surface area contributed by atoms with Gasteiger partial charge in [-0.25, -0.2) is 0 Å². The molecule has 3 unspecified atom stereocenters. The molecule has 0 saturated carbocycles. The molecule has 0 spiro atoms. The summed E-state index contributed by atoms with van der Waals surface area (Å²) in [5, 5.41) is 24.9. The molecule has 0 fully saturated rings. The lowest BCUT2D eigenvalue weighted by Gasteiger charge is -2.31. The van der Waals surface area contributed by atoms with Crippen molar-refractivity contribution in [2.75, 3.05) is 6.61 Å². The number of nitrogens with zero attached hydrogens (tertiary/aromatic N) is 1. The second kappa shape index (κ2) is 15.2. The van der Waals surface area contributed by atoms with Crippen molar-refractivity contribution >= 4 is 16.7 Å². The second-order valence-electron chi connectivity index (χ2n) is 10.6. The van der Waals surface area contributed by atoms with E-state index in [0.29, 0.717) is 13.1 Å². The van der Waals surface area contributed by atoms with Crippen molar-refractivity contribution in [3.63, 3.8) is 0 Å². The van der Waals surface area contributed by atoms with Crippen LogP contribution in [0.25, 0.3) is 10.8 Å². The number of carbonyl (C=O) groups is 1. The number of aliphatic hydroxyl groups excluding tert-OH is 2. The molecule has 220 valence electrons. The predicted octanol–water partition coefficient (Wildman–Crippen LogP) is 5.89. The Kier molecular flexibility index (Phi) is 10.7. The van der Waals surface area contributed by atoms with E-state index < -0.39 is 24.2 Å². The number of hydrogen-bond donors (Lipinski definition) is 2. The lowest BCUT2D eigenvalue weighted by atomic mass is 10.0. The van der Waals surface area contributed by atoms with Crippen LogP contribution in [0.5, 0.6) is 0 Å². The van der Waals surface area contributed by atoms with Crippen molar-refractivity contribution in [2.45, 2.75) is 44.6 Å². The van der Waals surface area contributed by atoms with Crippen LogP contribution < -0.4 is 0 Å². The van der Waals surface area contributed by atoms with Gasteiger partial charge >= 0.3 is 0 Å². The van der Waals surface area contributed by atoms with E-state index in [1.54, 1.807) is 4.90 Å². The van der Waals surface area contributed by atoms with E-state index in [1.807, 2.05) is 133 Å². The van der Waals surface area contributed by atoms with Gasteiger partial charge in [-0.1, -0.05) is 127 Å². The summed E-state index contributed by atoms with van der Waals surface area (Å²) in [6, 6.07) is 42.9. The van der Waals surface area contributed by atoms with Crippen LogP contribution in [0.3, 0.4) is 0 Å². The second-order valence-corrected chi connectivity index (χ2v) is 10.6. The predicted molar refractivity (Wildman–Crippen MR) is 168 cm³/mol. The Labute approximate surface area is 252 Å². The first kappa shape index (κ1) is 30.1. The van der Waals surface area contributed by atoms with E-state index in [0.717, 1.165) is 33.0 Å². The molecule has 3 atom stereocenters. The molecule has 0 radical (unpaired) electrons. The van der Waals surface area contributed by atoms with E-state index in [-0.39, 0.29) is 19.8 Å². The number of carbonyl (C=O) groups excluding carboxylic acids is 1. The number of aliphatic hydroxyl groups is 2. The van der Waals surface area contributed by atoms with Crippen LogP contribution in [0.1, 0.15) is 22.3 Å². The van der Waals surface area contributed by atoms with E-state index >= 15 is 0 Å². The van der Waals surface area contributed by atoms with Crippen molar-refractivity contribution in [2.24, 2.45) is 0 Å². The zero-order valence-corrected chi connectivity index (χ0v) is 24.0. The van der Waals surface area contributed by atoms with Gasteiger partial charge in [-0.2, -0.15) is 0 Å². The fourth-order valence-corrected chi connectivity index (χ4v) is 5.05.